The largest absolute Gasteiger partial charge is 0.468 e. The Bertz CT molecular complexity index is 598. The van der Waals surface area contributed by atoms with Crippen molar-refractivity contribution in [2.75, 3.05) is 27.1 Å². The smallest absolute Gasteiger partial charge is 0.320 e. The second-order valence-electron chi connectivity index (χ2n) is 4.86. The van der Waals surface area contributed by atoms with Gasteiger partial charge >= 0.3 is 11.9 Å². The van der Waals surface area contributed by atoms with E-state index < -0.39 is 22.8 Å². The molecule has 0 saturated heterocycles. The molecule has 0 N–H and O–H groups in total. The summed E-state index contributed by atoms with van der Waals surface area (Å²) in [5.74, 6) is -2.57. The summed E-state index contributed by atoms with van der Waals surface area (Å²) in [6.45, 7) is 3.31. The van der Waals surface area contributed by atoms with Gasteiger partial charge in [0.15, 0.2) is 12.7 Å². The average molecular weight is 355 g/mol. The molecule has 1 rings (SSSR count). The third-order valence-corrected chi connectivity index (χ3v) is 3.16. The molecule has 0 radical (unpaired) electrons. The highest BCUT2D eigenvalue weighted by atomic mass is 16.7. The highest BCUT2D eigenvalue weighted by Gasteiger charge is 2.32. The summed E-state index contributed by atoms with van der Waals surface area (Å²) in [5, 5.41) is 11.2. The van der Waals surface area contributed by atoms with E-state index in [-0.39, 0.29) is 37.7 Å². The normalized spacial score (nSPS) is 10.4. The Morgan fingerprint density at radius 3 is 2.24 bits per heavy atom. The monoisotopic (exact) mass is 355 g/mol. The van der Waals surface area contributed by atoms with Crippen LogP contribution in [0.1, 0.15) is 19.4 Å². The molecule has 138 valence electrons. The third-order valence-electron chi connectivity index (χ3n) is 3.16. The van der Waals surface area contributed by atoms with Crippen LogP contribution in [0.3, 0.4) is 0 Å². The fourth-order valence-electron chi connectivity index (χ4n) is 2.09. The fraction of sp³-hybridized carbons (Fsp3) is 0.500. The molecule has 0 heterocycles. The molecule has 1 aromatic rings. The topological polar surface area (TPSA) is 114 Å². The molecule has 9 nitrogen and oxygen atoms in total. The van der Waals surface area contributed by atoms with Crippen molar-refractivity contribution < 1.29 is 33.5 Å². The standard InChI is InChI=1S/C16H21NO8/c1-4-23-15(18)13(16(19)24-5-2)9-11-8-12(25-10-22-3)6-7-14(11)17(20)21/h6-8,13H,4-5,9-10H2,1-3H3. The molecule has 0 aliphatic carbocycles. The second kappa shape index (κ2) is 10.2. The summed E-state index contributed by atoms with van der Waals surface area (Å²) < 4.78 is 19.8. The quantitative estimate of drug-likeness (QED) is 0.205. The lowest BCUT2D eigenvalue weighted by Gasteiger charge is -2.15. The van der Waals surface area contributed by atoms with Gasteiger partial charge in [0.2, 0.25) is 0 Å². The molecule has 1 aromatic carbocycles. The van der Waals surface area contributed by atoms with E-state index in [1.165, 1.54) is 25.3 Å². The van der Waals surface area contributed by atoms with Gasteiger partial charge in [0.25, 0.3) is 5.69 Å². The summed E-state index contributed by atoms with van der Waals surface area (Å²) >= 11 is 0. The minimum atomic E-state index is -1.30. The van der Waals surface area contributed by atoms with Gasteiger partial charge < -0.3 is 18.9 Å². The van der Waals surface area contributed by atoms with Crippen molar-refractivity contribution in [1.82, 2.24) is 0 Å². The number of nitrogens with zero attached hydrogens (tertiary/aromatic N) is 1. The number of methoxy groups -OCH3 is 1. The van der Waals surface area contributed by atoms with Crippen LogP contribution < -0.4 is 4.74 Å². The Kier molecular flexibility index (Phi) is 8.34. The summed E-state index contributed by atoms with van der Waals surface area (Å²) in [6, 6.07) is 4.04. The zero-order valence-electron chi connectivity index (χ0n) is 14.4. The summed E-state index contributed by atoms with van der Waals surface area (Å²) in [5.41, 5.74) is -0.0759. The Morgan fingerprint density at radius 2 is 1.76 bits per heavy atom. The first-order valence-corrected chi connectivity index (χ1v) is 7.66. The molecule has 9 heteroatoms. The van der Waals surface area contributed by atoms with Gasteiger partial charge in [-0.15, -0.1) is 0 Å². The van der Waals surface area contributed by atoms with E-state index in [1.54, 1.807) is 13.8 Å². The Hall–Kier alpha value is -2.68. The number of benzene rings is 1. The van der Waals surface area contributed by atoms with Crippen LogP contribution in [0.25, 0.3) is 0 Å². The van der Waals surface area contributed by atoms with Gasteiger partial charge in [-0.1, -0.05) is 0 Å². The van der Waals surface area contributed by atoms with Gasteiger partial charge in [0.05, 0.1) is 18.1 Å². The van der Waals surface area contributed by atoms with Gasteiger partial charge in [-0.25, -0.2) is 0 Å². The van der Waals surface area contributed by atoms with Gasteiger partial charge in [0.1, 0.15) is 5.75 Å². The fourth-order valence-corrected chi connectivity index (χ4v) is 2.09. The second-order valence-corrected chi connectivity index (χ2v) is 4.86. The maximum absolute atomic E-state index is 12.1. The van der Waals surface area contributed by atoms with Crippen LogP contribution in [0, 0.1) is 16.0 Å². The number of ether oxygens (including phenoxy) is 4. The summed E-state index contributed by atoms with van der Waals surface area (Å²) in [6.07, 6.45) is -0.238. The molecule has 0 aromatic heterocycles. The van der Waals surface area contributed by atoms with Crippen LogP contribution in [0.15, 0.2) is 18.2 Å². The zero-order valence-corrected chi connectivity index (χ0v) is 14.4. The van der Waals surface area contributed by atoms with E-state index in [1.807, 2.05) is 0 Å². The number of nitro groups is 1. The van der Waals surface area contributed by atoms with E-state index in [9.17, 15) is 19.7 Å². The highest BCUT2D eigenvalue weighted by molar-refractivity contribution is 5.95. The maximum atomic E-state index is 12.1. The Balaban J connectivity index is 3.16. The van der Waals surface area contributed by atoms with Crippen LogP contribution >= 0.6 is 0 Å². The Labute approximate surface area is 145 Å². The average Bonchev–Trinajstić information content (AvgIpc) is 2.57. The van der Waals surface area contributed by atoms with Crippen molar-refractivity contribution in [3.63, 3.8) is 0 Å². The summed E-state index contributed by atoms with van der Waals surface area (Å²) in [7, 11) is 1.43. The summed E-state index contributed by atoms with van der Waals surface area (Å²) in [4.78, 5) is 34.7. The zero-order chi connectivity index (χ0) is 18.8. The lowest BCUT2D eigenvalue weighted by Crippen LogP contribution is -2.30. The molecule has 0 aliphatic rings. The predicted octanol–water partition coefficient (Wildman–Crippen LogP) is 1.86. The third kappa shape index (κ3) is 6.03. The van der Waals surface area contributed by atoms with Crippen molar-refractivity contribution in [2.45, 2.75) is 20.3 Å². The van der Waals surface area contributed by atoms with Gasteiger partial charge in [-0.3, -0.25) is 19.7 Å². The van der Waals surface area contributed by atoms with Crippen molar-refractivity contribution in [1.29, 1.82) is 0 Å². The molecule has 0 unspecified atom stereocenters. The van der Waals surface area contributed by atoms with Crippen LogP contribution in [0.5, 0.6) is 5.75 Å². The molecule has 0 saturated carbocycles. The molecule has 0 aliphatic heterocycles. The molecular formula is C16H21NO8. The van der Waals surface area contributed by atoms with Crippen molar-refractivity contribution >= 4 is 17.6 Å². The molecule has 0 bridgehead atoms. The SMILES string of the molecule is CCOC(=O)C(Cc1cc(OCOC)ccc1[N+](=O)[O-])C(=O)OCC. The molecule has 0 fully saturated rings. The molecule has 0 amide bonds. The Morgan fingerprint density at radius 1 is 1.16 bits per heavy atom. The van der Waals surface area contributed by atoms with Gasteiger partial charge in [-0.2, -0.15) is 0 Å². The van der Waals surface area contributed by atoms with Crippen LogP contribution in [0.4, 0.5) is 5.69 Å². The predicted molar refractivity (Wildman–Crippen MR) is 86.1 cm³/mol. The highest BCUT2D eigenvalue weighted by Crippen LogP contribution is 2.27. The van der Waals surface area contributed by atoms with Crippen molar-refractivity contribution in [3.8, 4) is 5.75 Å². The number of carbonyl (C=O) groups is 2. The molecule has 0 atom stereocenters. The molecule has 0 spiro atoms. The van der Waals surface area contributed by atoms with E-state index >= 15 is 0 Å². The van der Waals surface area contributed by atoms with E-state index in [0.29, 0.717) is 5.75 Å². The lowest BCUT2D eigenvalue weighted by atomic mass is 9.98. The van der Waals surface area contributed by atoms with Crippen LogP contribution in [-0.4, -0.2) is 44.0 Å². The first-order chi connectivity index (χ1) is 11.9. The number of hydrogen-bond donors (Lipinski definition) is 0. The minimum Gasteiger partial charge on any atom is -0.468 e. The number of nitro benzene ring substituents is 1. The van der Waals surface area contributed by atoms with Gasteiger partial charge in [0, 0.05) is 25.2 Å². The number of rotatable bonds is 10. The molecule has 25 heavy (non-hydrogen) atoms. The van der Waals surface area contributed by atoms with E-state index in [4.69, 9.17) is 18.9 Å². The number of carbonyl (C=O) groups excluding carboxylic acids is 2. The van der Waals surface area contributed by atoms with Crippen LogP contribution in [0.2, 0.25) is 0 Å². The van der Waals surface area contributed by atoms with E-state index in [0.717, 1.165) is 0 Å². The maximum Gasteiger partial charge on any atom is 0.320 e. The van der Waals surface area contributed by atoms with Crippen molar-refractivity contribution in [2.24, 2.45) is 5.92 Å². The number of esters is 2. The van der Waals surface area contributed by atoms with Crippen LogP contribution in [-0.2, 0) is 30.2 Å². The molecular weight excluding hydrogens is 334 g/mol. The lowest BCUT2D eigenvalue weighted by molar-refractivity contribution is -0.385. The van der Waals surface area contributed by atoms with Gasteiger partial charge in [-0.05, 0) is 26.0 Å². The first kappa shape index (κ1) is 20.4. The number of hydrogen-bond acceptors (Lipinski definition) is 8. The first-order valence-electron chi connectivity index (χ1n) is 7.66. The van der Waals surface area contributed by atoms with Crippen molar-refractivity contribution in [3.05, 3.63) is 33.9 Å². The van der Waals surface area contributed by atoms with E-state index in [2.05, 4.69) is 0 Å². The minimum absolute atomic E-state index is 0.0452.